The van der Waals surface area contributed by atoms with Gasteiger partial charge in [0, 0.05) is 19.8 Å². The molecule has 1 aromatic carbocycles. The summed E-state index contributed by atoms with van der Waals surface area (Å²) in [6.07, 6.45) is 0. The van der Waals surface area contributed by atoms with Gasteiger partial charge in [0.1, 0.15) is 5.56 Å². The number of anilines is 1. The zero-order chi connectivity index (χ0) is 17.9. The van der Waals surface area contributed by atoms with Crippen molar-refractivity contribution in [1.82, 2.24) is 14.6 Å². The summed E-state index contributed by atoms with van der Waals surface area (Å²) in [6, 6.07) is 8.12. The number of aromatic hydroxyl groups is 1. The van der Waals surface area contributed by atoms with Crippen LogP contribution in [0, 0.1) is 0 Å². The summed E-state index contributed by atoms with van der Waals surface area (Å²) >= 11 is 0. The molecule has 0 unspecified atom stereocenters. The van der Waals surface area contributed by atoms with Crippen LogP contribution in [-0.2, 0) is 14.1 Å². The second-order valence-electron chi connectivity index (χ2n) is 5.03. The summed E-state index contributed by atoms with van der Waals surface area (Å²) in [5.41, 5.74) is 1.33. The van der Waals surface area contributed by atoms with Gasteiger partial charge >= 0.3 is 11.7 Å². The first-order valence-electron chi connectivity index (χ1n) is 6.98. The van der Waals surface area contributed by atoms with Crippen LogP contribution in [-0.4, -0.2) is 26.0 Å². The van der Waals surface area contributed by atoms with Crippen LogP contribution in [0.2, 0.25) is 0 Å². The molecular weight excluding hydrogens is 314 g/mol. The van der Waals surface area contributed by atoms with Crippen LogP contribution in [0.25, 0.3) is 0 Å². The van der Waals surface area contributed by atoms with E-state index in [1.54, 1.807) is 24.3 Å². The van der Waals surface area contributed by atoms with Crippen LogP contribution in [0.15, 0.2) is 45.0 Å². The fourth-order valence-corrected chi connectivity index (χ4v) is 2.02. The van der Waals surface area contributed by atoms with Crippen molar-refractivity contribution < 1.29 is 9.90 Å². The number of carbonyl (C=O) groups is 1. The number of amides is 2. The van der Waals surface area contributed by atoms with E-state index in [4.69, 9.17) is 0 Å². The Bertz CT molecular complexity index is 912. The van der Waals surface area contributed by atoms with Gasteiger partial charge in [0.05, 0.1) is 5.71 Å². The van der Waals surface area contributed by atoms with Crippen molar-refractivity contribution in [2.45, 2.75) is 6.92 Å². The van der Waals surface area contributed by atoms with Gasteiger partial charge in [-0.2, -0.15) is 5.10 Å². The Balaban J connectivity index is 2.25. The Labute approximate surface area is 136 Å². The Hall–Kier alpha value is -3.36. The molecule has 0 radical (unpaired) electrons. The quantitative estimate of drug-likeness (QED) is 0.555. The fraction of sp³-hybridized carbons (Fsp3) is 0.200. The van der Waals surface area contributed by atoms with Gasteiger partial charge in [-0.25, -0.2) is 15.0 Å². The minimum Gasteiger partial charge on any atom is -0.494 e. The highest BCUT2D eigenvalue weighted by Gasteiger charge is 2.17. The van der Waals surface area contributed by atoms with E-state index in [0.29, 0.717) is 5.69 Å². The van der Waals surface area contributed by atoms with E-state index >= 15 is 0 Å². The van der Waals surface area contributed by atoms with Gasteiger partial charge in [0.2, 0.25) is 5.88 Å². The predicted molar refractivity (Wildman–Crippen MR) is 89.4 cm³/mol. The van der Waals surface area contributed by atoms with Crippen LogP contribution < -0.4 is 22.0 Å². The Morgan fingerprint density at radius 3 is 2.38 bits per heavy atom. The van der Waals surface area contributed by atoms with Crippen molar-refractivity contribution in [2.75, 3.05) is 5.32 Å². The average Bonchev–Trinajstić information content (AvgIpc) is 2.57. The molecule has 0 atom stereocenters. The summed E-state index contributed by atoms with van der Waals surface area (Å²) in [7, 11) is 2.61. The van der Waals surface area contributed by atoms with E-state index in [0.717, 1.165) is 9.13 Å². The van der Waals surface area contributed by atoms with E-state index in [2.05, 4.69) is 15.8 Å². The molecule has 1 aromatic heterocycles. The average molecular weight is 331 g/mol. The molecule has 3 N–H and O–H groups in total. The highest BCUT2D eigenvalue weighted by atomic mass is 16.3. The first-order valence-corrected chi connectivity index (χ1v) is 6.98. The standard InChI is InChI=1S/C15H17N5O4/c1-9(11-12(21)19(2)15(24)20(3)13(11)22)17-18-14(23)16-10-7-5-4-6-8-10/h4-8,21H,1-3H3,(H2,16,18,23). The highest BCUT2D eigenvalue weighted by molar-refractivity contribution is 6.01. The zero-order valence-corrected chi connectivity index (χ0v) is 13.4. The predicted octanol–water partition coefficient (Wildman–Crippen LogP) is 0.335. The van der Waals surface area contributed by atoms with E-state index in [1.165, 1.54) is 21.0 Å². The molecule has 2 amide bonds. The van der Waals surface area contributed by atoms with E-state index < -0.39 is 23.2 Å². The molecule has 0 aliphatic carbocycles. The maximum absolute atomic E-state index is 12.1. The molecule has 24 heavy (non-hydrogen) atoms. The smallest absolute Gasteiger partial charge is 0.339 e. The number of aromatic nitrogens is 2. The number of urea groups is 1. The van der Waals surface area contributed by atoms with Gasteiger partial charge in [-0.1, -0.05) is 18.2 Å². The number of carbonyl (C=O) groups excluding carboxylic acids is 1. The number of nitrogens with one attached hydrogen (secondary N) is 2. The van der Waals surface area contributed by atoms with E-state index in [1.807, 2.05) is 6.07 Å². The molecule has 0 aliphatic heterocycles. The minimum absolute atomic E-state index is 0.0620. The van der Waals surface area contributed by atoms with Crippen molar-refractivity contribution in [3.05, 3.63) is 56.7 Å². The minimum atomic E-state index is -0.706. The summed E-state index contributed by atoms with van der Waals surface area (Å²) < 4.78 is 1.76. The van der Waals surface area contributed by atoms with Gasteiger partial charge in [0.15, 0.2) is 0 Å². The van der Waals surface area contributed by atoms with Crippen LogP contribution >= 0.6 is 0 Å². The SMILES string of the molecule is CC(=NNC(=O)Nc1ccccc1)c1c(O)n(C)c(=O)n(C)c1=O. The van der Waals surface area contributed by atoms with Crippen LogP contribution in [0.3, 0.4) is 0 Å². The molecule has 0 saturated heterocycles. The van der Waals surface area contributed by atoms with Crippen molar-refractivity contribution in [3.63, 3.8) is 0 Å². The lowest BCUT2D eigenvalue weighted by molar-refractivity contribution is 0.252. The number of hydrogen-bond acceptors (Lipinski definition) is 5. The number of para-hydroxylation sites is 1. The Kier molecular flexibility index (Phi) is 4.83. The van der Waals surface area contributed by atoms with Gasteiger partial charge in [-0.3, -0.25) is 13.9 Å². The third-order valence-corrected chi connectivity index (χ3v) is 3.35. The fourth-order valence-electron chi connectivity index (χ4n) is 2.02. The van der Waals surface area contributed by atoms with Crippen molar-refractivity contribution >= 4 is 17.4 Å². The molecule has 2 rings (SSSR count). The third-order valence-electron chi connectivity index (χ3n) is 3.35. The number of benzene rings is 1. The molecule has 0 spiro atoms. The lowest BCUT2D eigenvalue weighted by Crippen LogP contribution is -2.40. The van der Waals surface area contributed by atoms with Crippen LogP contribution in [0.4, 0.5) is 10.5 Å². The molecule has 0 fully saturated rings. The van der Waals surface area contributed by atoms with Gasteiger partial charge < -0.3 is 10.4 Å². The second kappa shape index (κ2) is 6.82. The molecular formula is C15H17N5O4. The van der Waals surface area contributed by atoms with Crippen molar-refractivity contribution in [3.8, 4) is 5.88 Å². The van der Waals surface area contributed by atoms with E-state index in [-0.39, 0.29) is 11.3 Å². The molecule has 126 valence electrons. The molecule has 0 bridgehead atoms. The number of hydrazone groups is 1. The molecule has 2 aromatic rings. The second-order valence-corrected chi connectivity index (χ2v) is 5.03. The summed E-state index contributed by atoms with van der Waals surface area (Å²) in [5, 5.41) is 16.3. The maximum atomic E-state index is 12.1. The zero-order valence-electron chi connectivity index (χ0n) is 13.4. The number of rotatable bonds is 3. The Morgan fingerprint density at radius 1 is 1.12 bits per heavy atom. The number of nitrogens with zero attached hydrogens (tertiary/aromatic N) is 3. The molecule has 0 saturated carbocycles. The van der Waals surface area contributed by atoms with Crippen molar-refractivity contribution in [2.24, 2.45) is 19.2 Å². The van der Waals surface area contributed by atoms with Crippen LogP contribution in [0.1, 0.15) is 12.5 Å². The lowest BCUT2D eigenvalue weighted by Gasteiger charge is -2.10. The van der Waals surface area contributed by atoms with Gasteiger partial charge in [-0.15, -0.1) is 0 Å². The topological polar surface area (TPSA) is 118 Å². The molecule has 1 heterocycles. The highest BCUT2D eigenvalue weighted by Crippen LogP contribution is 2.10. The van der Waals surface area contributed by atoms with Crippen LogP contribution in [0.5, 0.6) is 5.88 Å². The summed E-state index contributed by atoms with van der Waals surface area (Å²) in [6.45, 7) is 1.43. The lowest BCUT2D eigenvalue weighted by atomic mass is 10.2. The molecule has 9 nitrogen and oxygen atoms in total. The van der Waals surface area contributed by atoms with Gasteiger partial charge in [0.25, 0.3) is 5.56 Å². The van der Waals surface area contributed by atoms with Gasteiger partial charge in [-0.05, 0) is 19.1 Å². The normalized spacial score (nSPS) is 11.2. The molecule has 0 aliphatic rings. The van der Waals surface area contributed by atoms with E-state index in [9.17, 15) is 19.5 Å². The van der Waals surface area contributed by atoms with Crippen molar-refractivity contribution in [1.29, 1.82) is 0 Å². The number of hydrogen-bond donors (Lipinski definition) is 3. The monoisotopic (exact) mass is 331 g/mol. The summed E-state index contributed by atoms with van der Waals surface area (Å²) in [5.74, 6) is -0.519. The third kappa shape index (κ3) is 3.35. The largest absolute Gasteiger partial charge is 0.494 e. The Morgan fingerprint density at radius 2 is 1.75 bits per heavy atom. The first-order chi connectivity index (χ1) is 11.3. The maximum Gasteiger partial charge on any atom is 0.339 e. The molecule has 9 heteroatoms. The first kappa shape index (κ1) is 17.0. The summed E-state index contributed by atoms with van der Waals surface area (Å²) in [4.78, 5) is 35.6.